The van der Waals surface area contributed by atoms with E-state index < -0.39 is 23.9 Å². The third-order valence-electron chi connectivity index (χ3n) is 2.55. The van der Waals surface area contributed by atoms with Crippen LogP contribution < -0.4 is 5.32 Å². The summed E-state index contributed by atoms with van der Waals surface area (Å²) >= 11 is 3.42. The van der Waals surface area contributed by atoms with Crippen LogP contribution >= 0.6 is 15.9 Å². The molecule has 1 atom stereocenters. The predicted octanol–water partition coefficient (Wildman–Crippen LogP) is 0.580. The second-order valence-corrected chi connectivity index (χ2v) is 5.22. The Hall–Kier alpha value is -2.53. The van der Waals surface area contributed by atoms with Gasteiger partial charge in [-0.2, -0.15) is 0 Å². The number of carbonyl (C=O) groups is 4. The molecule has 0 aromatic carbocycles. The molecule has 0 aliphatic carbocycles. The summed E-state index contributed by atoms with van der Waals surface area (Å²) in [7, 11) is 0. The van der Waals surface area contributed by atoms with Gasteiger partial charge in [0.25, 0.3) is 0 Å². The Morgan fingerprint density at radius 1 is 1.00 bits per heavy atom. The molecule has 0 unspecified atom stereocenters. The first-order chi connectivity index (χ1) is 11.1. The molecule has 1 saturated heterocycles. The van der Waals surface area contributed by atoms with E-state index in [1.165, 1.54) is 18.4 Å². The number of aliphatic carboxylic acids is 4. The summed E-state index contributed by atoms with van der Waals surface area (Å²) in [5.74, 6) is -7.30. The van der Waals surface area contributed by atoms with Crippen LogP contribution in [-0.2, 0) is 19.2 Å². The molecular formula is C13H15BrN2O8. The Kier molecular flexibility index (Phi) is 9.91. The van der Waals surface area contributed by atoms with Crippen LogP contribution in [0.5, 0.6) is 0 Å². The molecule has 1 fully saturated rings. The maximum Gasteiger partial charge on any atom is 0.414 e. The van der Waals surface area contributed by atoms with E-state index in [4.69, 9.17) is 39.6 Å². The highest BCUT2D eigenvalue weighted by molar-refractivity contribution is 9.10. The molecule has 1 aromatic heterocycles. The lowest BCUT2D eigenvalue weighted by Gasteiger charge is -2.09. The molecule has 24 heavy (non-hydrogen) atoms. The van der Waals surface area contributed by atoms with Crippen LogP contribution in [0.15, 0.2) is 22.9 Å². The van der Waals surface area contributed by atoms with E-state index in [0.29, 0.717) is 6.04 Å². The van der Waals surface area contributed by atoms with Crippen LogP contribution in [0.3, 0.4) is 0 Å². The Bertz CT molecular complexity index is 553. The summed E-state index contributed by atoms with van der Waals surface area (Å²) < 4.78 is 1.06. The molecule has 1 aliphatic heterocycles. The van der Waals surface area contributed by atoms with Gasteiger partial charge in [-0.15, -0.1) is 0 Å². The van der Waals surface area contributed by atoms with Gasteiger partial charge in [-0.3, -0.25) is 4.98 Å². The van der Waals surface area contributed by atoms with E-state index in [0.717, 1.165) is 11.0 Å². The number of carboxylic acids is 4. The van der Waals surface area contributed by atoms with Crippen molar-refractivity contribution in [3.8, 4) is 0 Å². The topological polar surface area (TPSA) is 174 Å². The molecule has 2 rings (SSSR count). The van der Waals surface area contributed by atoms with E-state index in [9.17, 15) is 0 Å². The van der Waals surface area contributed by atoms with Gasteiger partial charge in [-0.1, -0.05) is 0 Å². The lowest BCUT2D eigenvalue weighted by molar-refractivity contribution is -0.159. The monoisotopic (exact) mass is 406 g/mol. The quantitative estimate of drug-likeness (QED) is 0.414. The average molecular weight is 407 g/mol. The standard InChI is InChI=1S/C9H11BrN2.2C2H2O4/c10-8-4-7(5-11-6-8)9-2-1-3-12-9;2*3-1(4)2(5)6/h4-6,9,12H,1-3H2;2*(H,3,4)(H,5,6)/t9-;;/m0../s1. The first kappa shape index (κ1) is 21.5. The summed E-state index contributed by atoms with van der Waals surface area (Å²) in [6, 6.07) is 2.66. The summed E-state index contributed by atoms with van der Waals surface area (Å²) in [6.07, 6.45) is 6.27. The number of hydrogen-bond donors (Lipinski definition) is 5. The molecule has 1 aromatic rings. The Morgan fingerprint density at radius 3 is 1.83 bits per heavy atom. The van der Waals surface area contributed by atoms with Crippen molar-refractivity contribution in [2.24, 2.45) is 0 Å². The number of rotatable bonds is 1. The first-order valence-corrected chi connectivity index (χ1v) is 7.20. The molecule has 11 heteroatoms. The van der Waals surface area contributed by atoms with Crippen molar-refractivity contribution in [3.63, 3.8) is 0 Å². The second-order valence-electron chi connectivity index (χ2n) is 4.31. The molecule has 0 saturated carbocycles. The molecule has 0 spiro atoms. The van der Waals surface area contributed by atoms with Gasteiger partial charge in [0.1, 0.15) is 0 Å². The maximum absolute atomic E-state index is 9.10. The number of nitrogens with one attached hydrogen (secondary N) is 1. The van der Waals surface area contributed by atoms with Crippen molar-refractivity contribution in [1.29, 1.82) is 0 Å². The van der Waals surface area contributed by atoms with Gasteiger partial charge in [0.2, 0.25) is 0 Å². The Labute approximate surface area is 144 Å². The minimum absolute atomic E-state index is 0.523. The summed E-state index contributed by atoms with van der Waals surface area (Å²) in [4.78, 5) is 40.5. The van der Waals surface area contributed by atoms with Crippen molar-refractivity contribution in [3.05, 3.63) is 28.5 Å². The van der Waals surface area contributed by atoms with E-state index in [-0.39, 0.29) is 0 Å². The van der Waals surface area contributed by atoms with Crippen molar-refractivity contribution < 1.29 is 39.6 Å². The molecule has 0 bridgehead atoms. The summed E-state index contributed by atoms with van der Waals surface area (Å²) in [6.45, 7) is 1.14. The second kappa shape index (κ2) is 11.1. The molecular weight excluding hydrogens is 392 g/mol. The van der Waals surface area contributed by atoms with Crippen LogP contribution in [-0.4, -0.2) is 55.8 Å². The fourth-order valence-electron chi connectivity index (χ4n) is 1.59. The molecule has 5 N–H and O–H groups in total. The lowest BCUT2D eigenvalue weighted by atomic mass is 10.1. The number of carboxylic acid groups (broad SMARTS) is 4. The highest BCUT2D eigenvalue weighted by Crippen LogP contribution is 2.23. The van der Waals surface area contributed by atoms with Gasteiger partial charge < -0.3 is 25.7 Å². The highest BCUT2D eigenvalue weighted by Gasteiger charge is 2.15. The fourth-order valence-corrected chi connectivity index (χ4v) is 1.97. The average Bonchev–Trinajstić information content (AvgIpc) is 3.02. The van der Waals surface area contributed by atoms with Crippen LogP contribution in [0.25, 0.3) is 0 Å². The minimum atomic E-state index is -1.82. The minimum Gasteiger partial charge on any atom is -0.473 e. The van der Waals surface area contributed by atoms with E-state index in [1.807, 2.05) is 12.4 Å². The molecule has 0 amide bonds. The SMILES string of the molecule is Brc1cncc([C@@H]2CCCN2)c1.O=C(O)C(=O)O.O=C(O)C(=O)O. The molecule has 1 aliphatic rings. The zero-order valence-electron chi connectivity index (χ0n) is 12.2. The number of halogens is 1. The number of hydrogen-bond acceptors (Lipinski definition) is 6. The van der Waals surface area contributed by atoms with E-state index in [2.05, 4.69) is 32.3 Å². The Balaban J connectivity index is 0.000000377. The molecule has 132 valence electrons. The first-order valence-electron chi connectivity index (χ1n) is 6.41. The van der Waals surface area contributed by atoms with Crippen LogP contribution in [0.2, 0.25) is 0 Å². The van der Waals surface area contributed by atoms with E-state index in [1.54, 1.807) is 0 Å². The van der Waals surface area contributed by atoms with Gasteiger partial charge in [-0.25, -0.2) is 19.2 Å². The summed E-state index contributed by atoms with van der Waals surface area (Å²) in [5.41, 5.74) is 1.29. The van der Waals surface area contributed by atoms with Crippen molar-refractivity contribution >= 4 is 39.8 Å². The number of nitrogens with zero attached hydrogens (tertiary/aromatic N) is 1. The van der Waals surface area contributed by atoms with Gasteiger partial charge in [0.15, 0.2) is 0 Å². The van der Waals surface area contributed by atoms with Crippen LogP contribution in [0.1, 0.15) is 24.4 Å². The van der Waals surface area contributed by atoms with Gasteiger partial charge in [0, 0.05) is 22.9 Å². The third kappa shape index (κ3) is 9.48. The molecule has 10 nitrogen and oxygen atoms in total. The number of pyridine rings is 1. The smallest absolute Gasteiger partial charge is 0.414 e. The molecule has 0 radical (unpaired) electrons. The maximum atomic E-state index is 9.10. The number of aromatic nitrogens is 1. The normalized spacial score (nSPS) is 15.1. The fraction of sp³-hybridized carbons (Fsp3) is 0.308. The lowest BCUT2D eigenvalue weighted by Crippen LogP contribution is -2.12. The largest absolute Gasteiger partial charge is 0.473 e. The Morgan fingerprint density at radius 2 is 1.50 bits per heavy atom. The third-order valence-corrected chi connectivity index (χ3v) is 2.99. The predicted molar refractivity (Wildman–Crippen MR) is 82.5 cm³/mol. The van der Waals surface area contributed by atoms with Crippen LogP contribution in [0.4, 0.5) is 0 Å². The van der Waals surface area contributed by atoms with Crippen LogP contribution in [0, 0.1) is 0 Å². The molecule has 2 heterocycles. The van der Waals surface area contributed by atoms with Crippen molar-refractivity contribution in [1.82, 2.24) is 10.3 Å². The highest BCUT2D eigenvalue weighted by atomic mass is 79.9. The van der Waals surface area contributed by atoms with Crippen molar-refractivity contribution in [2.75, 3.05) is 6.54 Å². The zero-order valence-corrected chi connectivity index (χ0v) is 13.8. The van der Waals surface area contributed by atoms with Gasteiger partial charge >= 0.3 is 23.9 Å². The van der Waals surface area contributed by atoms with E-state index >= 15 is 0 Å². The summed E-state index contributed by atoms with van der Waals surface area (Å²) in [5, 5.41) is 33.0. The van der Waals surface area contributed by atoms with Gasteiger partial charge in [-0.05, 0) is 46.9 Å². The zero-order chi connectivity index (χ0) is 18.7. The van der Waals surface area contributed by atoms with Crippen molar-refractivity contribution in [2.45, 2.75) is 18.9 Å². The van der Waals surface area contributed by atoms with Gasteiger partial charge in [0.05, 0.1) is 0 Å².